The molecule has 0 spiro atoms. The third-order valence-electron chi connectivity index (χ3n) is 5.17. The third kappa shape index (κ3) is 4.49. The van der Waals surface area contributed by atoms with Gasteiger partial charge in [0.1, 0.15) is 17.8 Å². The lowest BCUT2D eigenvalue weighted by molar-refractivity contribution is 0.152. The van der Waals surface area contributed by atoms with E-state index in [1.807, 2.05) is 41.8 Å². The molecule has 1 atom stereocenters. The Labute approximate surface area is 187 Å². The molecule has 1 fully saturated rings. The molecule has 0 amide bonds. The number of thiazole rings is 1. The topological polar surface area (TPSA) is 94.7 Å². The van der Waals surface area contributed by atoms with Gasteiger partial charge in [-0.15, -0.1) is 26.6 Å². The van der Waals surface area contributed by atoms with Gasteiger partial charge < -0.3 is 9.64 Å². The summed E-state index contributed by atoms with van der Waals surface area (Å²) in [6.45, 7) is 1.79. The van der Waals surface area contributed by atoms with Crippen molar-refractivity contribution < 1.29 is 4.74 Å². The Balaban J connectivity index is 1.30. The van der Waals surface area contributed by atoms with Crippen LogP contribution in [-0.2, 0) is 0 Å². The van der Waals surface area contributed by atoms with Crippen molar-refractivity contribution in [1.29, 1.82) is 0 Å². The second-order valence-electron chi connectivity index (χ2n) is 7.16. The highest BCUT2D eigenvalue weighted by Crippen LogP contribution is 2.33. The monoisotopic (exact) mass is 454 g/mol. The lowest BCUT2D eigenvalue weighted by Crippen LogP contribution is -2.33. The van der Waals surface area contributed by atoms with E-state index in [4.69, 9.17) is 21.3 Å². The summed E-state index contributed by atoms with van der Waals surface area (Å²) < 4.78 is 7.74. The quantitative estimate of drug-likeness (QED) is 0.436. The molecular weight excluding hydrogens is 436 g/mol. The largest absolute Gasteiger partial charge is 0.463 e. The SMILES string of the molecule is Clc1ccc(N2CCC(c3nc(C(Oc4ccccc4)n4cnnn4)cs3)CC2)nn1. The fourth-order valence-electron chi connectivity index (χ4n) is 3.59. The van der Waals surface area contributed by atoms with Crippen LogP contribution in [0.15, 0.2) is 54.2 Å². The van der Waals surface area contributed by atoms with Crippen LogP contribution in [0.25, 0.3) is 0 Å². The van der Waals surface area contributed by atoms with E-state index >= 15 is 0 Å². The number of nitrogens with zero attached hydrogens (tertiary/aromatic N) is 8. The Morgan fingerprint density at radius 1 is 1.06 bits per heavy atom. The zero-order valence-electron chi connectivity index (χ0n) is 16.5. The van der Waals surface area contributed by atoms with E-state index < -0.39 is 6.23 Å². The molecule has 4 heterocycles. The molecule has 11 heteroatoms. The average molecular weight is 455 g/mol. The maximum atomic E-state index is 6.16. The van der Waals surface area contributed by atoms with Gasteiger partial charge in [0.25, 0.3) is 0 Å². The van der Waals surface area contributed by atoms with Crippen LogP contribution in [-0.4, -0.2) is 48.5 Å². The summed E-state index contributed by atoms with van der Waals surface area (Å²) in [4.78, 5) is 7.14. The van der Waals surface area contributed by atoms with Crippen LogP contribution in [0.1, 0.15) is 35.7 Å². The molecule has 0 saturated carbocycles. The van der Waals surface area contributed by atoms with Gasteiger partial charge >= 0.3 is 0 Å². The number of para-hydroxylation sites is 1. The van der Waals surface area contributed by atoms with Crippen LogP contribution in [0.5, 0.6) is 5.75 Å². The zero-order chi connectivity index (χ0) is 21.0. The highest BCUT2D eigenvalue weighted by molar-refractivity contribution is 7.09. The summed E-state index contributed by atoms with van der Waals surface area (Å²) in [5.41, 5.74) is 0.794. The molecule has 0 aliphatic carbocycles. The van der Waals surface area contributed by atoms with Gasteiger partial charge in [-0.25, -0.2) is 4.98 Å². The van der Waals surface area contributed by atoms with E-state index in [2.05, 4.69) is 30.6 Å². The van der Waals surface area contributed by atoms with Gasteiger partial charge in [-0.1, -0.05) is 29.8 Å². The molecule has 0 N–H and O–H groups in total. The molecule has 1 aliphatic heterocycles. The van der Waals surface area contributed by atoms with Crippen molar-refractivity contribution in [3.05, 3.63) is 70.0 Å². The van der Waals surface area contributed by atoms with Gasteiger partial charge in [-0.3, -0.25) is 0 Å². The number of aromatic nitrogens is 7. The summed E-state index contributed by atoms with van der Waals surface area (Å²) in [6, 6.07) is 13.3. The number of piperidine rings is 1. The minimum atomic E-state index is -0.521. The van der Waals surface area contributed by atoms with E-state index in [0.29, 0.717) is 11.1 Å². The predicted octanol–water partition coefficient (Wildman–Crippen LogP) is 3.58. The van der Waals surface area contributed by atoms with Gasteiger partial charge in [-0.2, -0.15) is 4.68 Å². The normalized spacial score (nSPS) is 15.7. The smallest absolute Gasteiger partial charge is 0.238 e. The number of hydrogen-bond donors (Lipinski definition) is 0. The molecule has 1 aliphatic rings. The Kier molecular flexibility index (Phi) is 5.72. The van der Waals surface area contributed by atoms with Crippen molar-refractivity contribution in [2.24, 2.45) is 0 Å². The van der Waals surface area contributed by atoms with Crippen LogP contribution in [0.4, 0.5) is 5.82 Å². The molecule has 158 valence electrons. The van der Waals surface area contributed by atoms with Crippen LogP contribution in [0.3, 0.4) is 0 Å². The van der Waals surface area contributed by atoms with Crippen molar-refractivity contribution >= 4 is 28.8 Å². The second kappa shape index (κ2) is 8.94. The van der Waals surface area contributed by atoms with Crippen molar-refractivity contribution in [3.8, 4) is 5.75 Å². The molecular formula is C20H19ClN8OS. The van der Waals surface area contributed by atoms with Crippen LogP contribution in [0.2, 0.25) is 5.15 Å². The molecule has 31 heavy (non-hydrogen) atoms. The summed E-state index contributed by atoms with van der Waals surface area (Å²) in [5.74, 6) is 1.98. The van der Waals surface area contributed by atoms with E-state index in [9.17, 15) is 0 Å². The van der Waals surface area contributed by atoms with Crippen LogP contribution < -0.4 is 9.64 Å². The minimum absolute atomic E-state index is 0.390. The number of halogens is 1. The average Bonchev–Trinajstić information content (AvgIpc) is 3.52. The maximum absolute atomic E-state index is 6.16. The fraction of sp³-hybridized carbons (Fsp3) is 0.300. The minimum Gasteiger partial charge on any atom is -0.463 e. The molecule has 1 saturated heterocycles. The number of rotatable bonds is 6. The standard InChI is InChI=1S/C20H19ClN8OS/c21-17-6-7-18(25-24-17)28-10-8-14(9-11-28)19-23-16(12-31-19)20(29-13-22-26-27-29)30-15-4-2-1-3-5-15/h1-7,12-14,20H,8-11H2. The summed E-state index contributed by atoms with van der Waals surface area (Å²) in [6.07, 6.45) is 3.00. The van der Waals surface area contributed by atoms with E-state index in [0.717, 1.165) is 48.2 Å². The lowest BCUT2D eigenvalue weighted by Gasteiger charge is -2.31. The van der Waals surface area contributed by atoms with E-state index in [-0.39, 0.29) is 0 Å². The van der Waals surface area contributed by atoms with Gasteiger partial charge in [0.05, 0.1) is 5.01 Å². The Morgan fingerprint density at radius 3 is 2.61 bits per heavy atom. The van der Waals surface area contributed by atoms with E-state index in [1.165, 1.54) is 6.33 Å². The molecule has 5 rings (SSSR count). The predicted molar refractivity (Wildman–Crippen MR) is 116 cm³/mol. The molecule has 1 unspecified atom stereocenters. The Bertz CT molecular complexity index is 1100. The third-order valence-corrected chi connectivity index (χ3v) is 6.40. The fourth-order valence-corrected chi connectivity index (χ4v) is 4.69. The molecule has 9 nitrogen and oxygen atoms in total. The maximum Gasteiger partial charge on any atom is 0.238 e. The summed E-state index contributed by atoms with van der Waals surface area (Å²) in [5, 5.41) is 23.2. The number of anilines is 1. The first-order chi connectivity index (χ1) is 15.3. The molecule has 3 aromatic heterocycles. The number of ether oxygens (including phenoxy) is 1. The zero-order valence-corrected chi connectivity index (χ0v) is 18.0. The molecule has 1 aromatic carbocycles. The Hall–Kier alpha value is -3.11. The van der Waals surface area contributed by atoms with Crippen molar-refractivity contribution in [2.75, 3.05) is 18.0 Å². The number of benzene rings is 1. The first-order valence-electron chi connectivity index (χ1n) is 9.90. The van der Waals surface area contributed by atoms with Crippen molar-refractivity contribution in [2.45, 2.75) is 25.0 Å². The van der Waals surface area contributed by atoms with Gasteiger partial charge in [-0.05, 0) is 47.5 Å². The first-order valence-corrected chi connectivity index (χ1v) is 11.2. The summed E-state index contributed by atoms with van der Waals surface area (Å²) in [7, 11) is 0. The van der Waals surface area contributed by atoms with Gasteiger partial charge in [0.2, 0.25) is 6.23 Å². The number of tetrazole rings is 1. The molecule has 0 radical (unpaired) electrons. The van der Waals surface area contributed by atoms with Gasteiger partial charge in [0.15, 0.2) is 11.0 Å². The van der Waals surface area contributed by atoms with Gasteiger partial charge in [0, 0.05) is 24.4 Å². The van der Waals surface area contributed by atoms with Crippen molar-refractivity contribution in [1.82, 2.24) is 35.4 Å². The highest BCUT2D eigenvalue weighted by Gasteiger charge is 2.27. The Morgan fingerprint density at radius 2 is 1.90 bits per heavy atom. The van der Waals surface area contributed by atoms with Crippen LogP contribution >= 0.6 is 22.9 Å². The molecule has 4 aromatic rings. The number of hydrogen-bond acceptors (Lipinski definition) is 9. The van der Waals surface area contributed by atoms with Crippen molar-refractivity contribution in [3.63, 3.8) is 0 Å². The lowest BCUT2D eigenvalue weighted by atomic mass is 9.97. The van der Waals surface area contributed by atoms with Crippen LogP contribution in [0, 0.1) is 0 Å². The summed E-state index contributed by atoms with van der Waals surface area (Å²) >= 11 is 7.50. The second-order valence-corrected chi connectivity index (χ2v) is 8.44. The highest BCUT2D eigenvalue weighted by atomic mass is 35.5. The first kappa shape index (κ1) is 19.8. The van der Waals surface area contributed by atoms with E-state index in [1.54, 1.807) is 22.1 Å². The molecule has 0 bridgehead atoms.